The molecule has 1 aromatic heterocycles. The van der Waals surface area contributed by atoms with Gasteiger partial charge in [0.15, 0.2) is 0 Å². The van der Waals surface area contributed by atoms with E-state index in [0.29, 0.717) is 0 Å². The smallest absolute Gasteiger partial charge is 0.0191 e. The van der Waals surface area contributed by atoms with Gasteiger partial charge >= 0.3 is 0 Å². The lowest BCUT2D eigenvalue weighted by atomic mass is 10.5. The number of nitrogens with zero attached hydrogens (tertiary/aromatic N) is 1. The quantitative estimate of drug-likeness (QED) is 0.590. The molecule has 12 heavy (non-hydrogen) atoms. The Morgan fingerprint density at radius 3 is 2.08 bits per heavy atom. The summed E-state index contributed by atoms with van der Waals surface area (Å²) in [6.45, 7) is 8.62. The van der Waals surface area contributed by atoms with E-state index in [1.54, 1.807) is 6.08 Å². The highest BCUT2D eigenvalue weighted by Gasteiger charge is 1.75. The van der Waals surface area contributed by atoms with Crippen LogP contribution in [0.25, 0.3) is 0 Å². The van der Waals surface area contributed by atoms with Crippen molar-refractivity contribution in [2.75, 3.05) is 0 Å². The molecule has 0 atom stereocenters. The Morgan fingerprint density at radius 2 is 1.92 bits per heavy atom. The average Bonchev–Trinajstić information content (AvgIpc) is 2.58. The van der Waals surface area contributed by atoms with Crippen molar-refractivity contribution in [1.82, 2.24) is 4.57 Å². The molecule has 66 valence electrons. The Labute approximate surface area is 75.0 Å². The van der Waals surface area contributed by atoms with Gasteiger partial charge in [-0.05, 0) is 26.0 Å². The molecule has 1 rings (SSSR count). The van der Waals surface area contributed by atoms with E-state index >= 15 is 0 Å². The fourth-order valence-corrected chi connectivity index (χ4v) is 0.717. The predicted octanol–water partition coefficient (Wildman–Crippen LogP) is 3.26. The summed E-state index contributed by atoms with van der Waals surface area (Å²) in [6.07, 6.45) is 9.69. The van der Waals surface area contributed by atoms with Crippen molar-refractivity contribution >= 4 is 0 Å². The van der Waals surface area contributed by atoms with Crippen molar-refractivity contribution in [2.45, 2.75) is 20.4 Å². The standard InChI is InChI=1S/C6H9N.C5H8/c1-2-7-5-3-4-6-7;1-3-5-4-2/h3-6H,2H2,1H3;3-5H,1H2,2H3. The molecule has 0 bridgehead atoms. The second-order valence-electron chi connectivity index (χ2n) is 2.27. The third-order valence-electron chi connectivity index (χ3n) is 1.36. The van der Waals surface area contributed by atoms with Crippen LogP contribution in [-0.2, 0) is 6.54 Å². The van der Waals surface area contributed by atoms with Crippen molar-refractivity contribution in [2.24, 2.45) is 0 Å². The van der Waals surface area contributed by atoms with E-state index in [-0.39, 0.29) is 0 Å². The lowest BCUT2D eigenvalue weighted by Crippen LogP contribution is -1.85. The summed E-state index contributed by atoms with van der Waals surface area (Å²) >= 11 is 0. The van der Waals surface area contributed by atoms with E-state index in [1.807, 2.05) is 31.2 Å². The molecule has 0 aliphatic heterocycles. The number of hydrogen-bond acceptors (Lipinski definition) is 0. The van der Waals surface area contributed by atoms with Crippen LogP contribution >= 0.6 is 0 Å². The Hall–Kier alpha value is -1.24. The largest absolute Gasteiger partial charge is 0.355 e. The molecule has 1 heterocycles. The van der Waals surface area contributed by atoms with Gasteiger partial charge in [-0.25, -0.2) is 0 Å². The van der Waals surface area contributed by atoms with Gasteiger partial charge in [0.1, 0.15) is 0 Å². The lowest BCUT2D eigenvalue weighted by molar-refractivity contribution is 0.769. The maximum absolute atomic E-state index is 3.46. The summed E-state index contributed by atoms with van der Waals surface area (Å²) in [6, 6.07) is 4.06. The first-order valence-electron chi connectivity index (χ1n) is 4.19. The van der Waals surface area contributed by atoms with E-state index in [9.17, 15) is 0 Å². The first-order valence-corrected chi connectivity index (χ1v) is 4.19. The molecule has 1 aromatic rings. The molecule has 0 N–H and O–H groups in total. The maximum atomic E-state index is 3.46. The Kier molecular flexibility index (Phi) is 7.05. The first kappa shape index (κ1) is 10.8. The molecule has 0 aliphatic rings. The van der Waals surface area contributed by atoms with E-state index in [2.05, 4.69) is 30.5 Å². The monoisotopic (exact) mass is 163 g/mol. The normalized spacial score (nSPS) is 9.17. The van der Waals surface area contributed by atoms with Crippen LogP contribution in [0.1, 0.15) is 13.8 Å². The zero-order valence-corrected chi connectivity index (χ0v) is 7.90. The number of aryl methyl sites for hydroxylation is 1. The van der Waals surface area contributed by atoms with Gasteiger partial charge in [0, 0.05) is 18.9 Å². The summed E-state index contributed by atoms with van der Waals surface area (Å²) in [5.74, 6) is 0. The summed E-state index contributed by atoms with van der Waals surface area (Å²) in [5.41, 5.74) is 0. The summed E-state index contributed by atoms with van der Waals surface area (Å²) in [7, 11) is 0. The highest BCUT2D eigenvalue weighted by molar-refractivity contribution is 4.94. The van der Waals surface area contributed by atoms with Crippen LogP contribution in [0.15, 0.2) is 49.3 Å². The van der Waals surface area contributed by atoms with Crippen LogP contribution in [0.3, 0.4) is 0 Å². The van der Waals surface area contributed by atoms with Gasteiger partial charge in [0.2, 0.25) is 0 Å². The Balaban J connectivity index is 0.000000217. The molecule has 0 amide bonds. The van der Waals surface area contributed by atoms with Crippen LogP contribution in [0.2, 0.25) is 0 Å². The molecular weight excluding hydrogens is 146 g/mol. The van der Waals surface area contributed by atoms with Crippen molar-refractivity contribution < 1.29 is 0 Å². The Bertz CT molecular complexity index is 207. The van der Waals surface area contributed by atoms with Crippen LogP contribution < -0.4 is 0 Å². The number of aromatic nitrogens is 1. The maximum Gasteiger partial charge on any atom is 0.0191 e. The summed E-state index contributed by atoms with van der Waals surface area (Å²) in [4.78, 5) is 0. The van der Waals surface area contributed by atoms with Crippen molar-refractivity contribution in [3.05, 3.63) is 49.3 Å². The third-order valence-corrected chi connectivity index (χ3v) is 1.36. The highest BCUT2D eigenvalue weighted by Crippen LogP contribution is 1.86. The number of allylic oxidation sites excluding steroid dienone is 3. The second kappa shape index (κ2) is 7.86. The van der Waals surface area contributed by atoms with Gasteiger partial charge < -0.3 is 4.57 Å². The van der Waals surface area contributed by atoms with Crippen molar-refractivity contribution in [3.8, 4) is 0 Å². The minimum Gasteiger partial charge on any atom is -0.355 e. The van der Waals surface area contributed by atoms with E-state index in [4.69, 9.17) is 0 Å². The van der Waals surface area contributed by atoms with Crippen LogP contribution in [0.5, 0.6) is 0 Å². The SMILES string of the molecule is C=CC=CC.CCn1cccc1. The average molecular weight is 163 g/mol. The van der Waals surface area contributed by atoms with Crippen LogP contribution in [-0.4, -0.2) is 4.57 Å². The molecule has 0 fully saturated rings. The van der Waals surface area contributed by atoms with Gasteiger partial charge in [-0.1, -0.05) is 24.8 Å². The molecule has 0 saturated heterocycles. The second-order valence-corrected chi connectivity index (χ2v) is 2.27. The van der Waals surface area contributed by atoms with E-state index in [1.165, 1.54) is 0 Å². The molecule has 0 aromatic carbocycles. The van der Waals surface area contributed by atoms with Crippen LogP contribution in [0, 0.1) is 0 Å². The van der Waals surface area contributed by atoms with Gasteiger partial charge in [-0.15, -0.1) is 0 Å². The van der Waals surface area contributed by atoms with Crippen molar-refractivity contribution in [3.63, 3.8) is 0 Å². The van der Waals surface area contributed by atoms with Gasteiger partial charge in [0.25, 0.3) is 0 Å². The predicted molar refractivity (Wildman–Crippen MR) is 55.1 cm³/mol. The fraction of sp³-hybridized carbons (Fsp3) is 0.273. The molecular formula is C11H17N. The summed E-state index contributed by atoms with van der Waals surface area (Å²) < 4.78 is 2.12. The van der Waals surface area contributed by atoms with Crippen molar-refractivity contribution in [1.29, 1.82) is 0 Å². The minimum atomic E-state index is 1.08. The minimum absolute atomic E-state index is 1.08. The van der Waals surface area contributed by atoms with E-state index < -0.39 is 0 Å². The lowest BCUT2D eigenvalue weighted by Gasteiger charge is -1.89. The van der Waals surface area contributed by atoms with Gasteiger partial charge in [-0.2, -0.15) is 0 Å². The number of rotatable bonds is 2. The third kappa shape index (κ3) is 5.54. The molecule has 0 aliphatic carbocycles. The number of hydrogen-bond donors (Lipinski definition) is 0. The Morgan fingerprint density at radius 1 is 1.33 bits per heavy atom. The molecule has 0 saturated carbocycles. The molecule has 0 spiro atoms. The first-order chi connectivity index (χ1) is 5.85. The molecule has 0 radical (unpaired) electrons. The zero-order chi connectivity index (χ0) is 9.23. The highest BCUT2D eigenvalue weighted by atomic mass is 14.9. The molecule has 0 unspecified atom stereocenters. The van der Waals surface area contributed by atoms with Gasteiger partial charge in [-0.3, -0.25) is 0 Å². The topological polar surface area (TPSA) is 4.93 Å². The van der Waals surface area contributed by atoms with E-state index in [0.717, 1.165) is 6.54 Å². The summed E-state index contributed by atoms with van der Waals surface area (Å²) in [5, 5.41) is 0. The zero-order valence-electron chi connectivity index (χ0n) is 7.90. The molecule has 1 heteroatoms. The van der Waals surface area contributed by atoms with Gasteiger partial charge in [0.05, 0.1) is 0 Å². The fourth-order valence-electron chi connectivity index (χ4n) is 0.717. The van der Waals surface area contributed by atoms with Crippen LogP contribution in [0.4, 0.5) is 0 Å². The molecule has 1 nitrogen and oxygen atoms in total.